The van der Waals surface area contributed by atoms with Gasteiger partial charge in [-0.25, -0.2) is 4.79 Å². The number of nitrogens with one attached hydrogen (secondary N) is 1. The predicted molar refractivity (Wildman–Crippen MR) is 72.4 cm³/mol. The molecule has 0 heterocycles. The number of amides is 1. The number of halogens is 6. The maximum absolute atomic E-state index is 13.4. The zero-order valence-electron chi connectivity index (χ0n) is 12.9. The summed E-state index contributed by atoms with van der Waals surface area (Å²) < 4.78 is 81.4. The lowest BCUT2D eigenvalue weighted by molar-refractivity contribution is -0.267. The van der Waals surface area contributed by atoms with Crippen molar-refractivity contribution < 1.29 is 45.8 Å². The van der Waals surface area contributed by atoms with Gasteiger partial charge in [0.05, 0.1) is 6.61 Å². The Hall–Kier alpha value is -2.30. The largest absolute Gasteiger partial charge is 0.471 e. The van der Waals surface area contributed by atoms with E-state index < -0.39 is 47.7 Å². The van der Waals surface area contributed by atoms with Gasteiger partial charge in [0.2, 0.25) is 0 Å². The van der Waals surface area contributed by atoms with Crippen molar-refractivity contribution in [3.05, 3.63) is 29.3 Å². The fourth-order valence-electron chi connectivity index (χ4n) is 1.87. The van der Waals surface area contributed by atoms with Gasteiger partial charge in [-0.05, 0) is 19.9 Å². The van der Waals surface area contributed by atoms with Crippen LogP contribution in [0.4, 0.5) is 32.0 Å². The first-order valence-electron chi connectivity index (χ1n) is 6.70. The summed E-state index contributed by atoms with van der Waals surface area (Å²) >= 11 is 0. The molecule has 0 radical (unpaired) electrons. The predicted octanol–water partition coefficient (Wildman–Crippen LogP) is 2.81. The molecule has 1 aromatic carbocycles. The monoisotopic (exact) mass is 373 g/mol. The number of ether oxygens (including phenoxy) is 1. The fraction of sp³-hybridized carbons (Fsp3) is 0.429. The first-order chi connectivity index (χ1) is 11.2. The maximum atomic E-state index is 13.4. The van der Waals surface area contributed by atoms with Crippen molar-refractivity contribution in [2.24, 2.45) is 0 Å². The molecule has 11 heteroatoms. The van der Waals surface area contributed by atoms with Gasteiger partial charge in [-0.1, -0.05) is 17.7 Å². The van der Waals surface area contributed by atoms with Crippen LogP contribution < -0.4 is 5.32 Å². The summed E-state index contributed by atoms with van der Waals surface area (Å²) in [6.45, 7) is 1.94. The van der Waals surface area contributed by atoms with E-state index in [9.17, 15) is 41.0 Å². The first-order valence-corrected chi connectivity index (χ1v) is 6.70. The zero-order chi connectivity index (χ0) is 19.6. The molecule has 1 atom stereocenters. The second-order valence-corrected chi connectivity index (χ2v) is 4.93. The number of carbonyl (C=O) groups is 2. The van der Waals surface area contributed by atoms with Crippen LogP contribution in [0, 0.1) is 6.92 Å². The molecule has 5 nitrogen and oxygen atoms in total. The first kappa shape index (κ1) is 20.7. The quantitative estimate of drug-likeness (QED) is 0.629. The van der Waals surface area contributed by atoms with Crippen molar-refractivity contribution in [1.82, 2.24) is 0 Å². The van der Waals surface area contributed by atoms with Crippen molar-refractivity contribution in [2.75, 3.05) is 11.9 Å². The van der Waals surface area contributed by atoms with Crippen LogP contribution in [0.25, 0.3) is 0 Å². The van der Waals surface area contributed by atoms with Crippen LogP contribution >= 0.6 is 0 Å². The minimum Gasteiger partial charge on any atom is -0.463 e. The molecule has 1 amide bonds. The van der Waals surface area contributed by atoms with E-state index in [0.717, 1.165) is 6.07 Å². The van der Waals surface area contributed by atoms with Crippen LogP contribution in [0.15, 0.2) is 18.2 Å². The number of hydrogen-bond donors (Lipinski definition) is 2. The Morgan fingerprint density at radius 2 is 1.72 bits per heavy atom. The van der Waals surface area contributed by atoms with E-state index in [2.05, 4.69) is 4.74 Å². The third-order valence-corrected chi connectivity index (χ3v) is 3.05. The summed E-state index contributed by atoms with van der Waals surface area (Å²) in [5.41, 5.74) is -6.48. The summed E-state index contributed by atoms with van der Waals surface area (Å²) in [6.07, 6.45) is -11.0. The summed E-state index contributed by atoms with van der Waals surface area (Å²) in [7, 11) is 0. The molecule has 0 aliphatic heterocycles. The summed E-state index contributed by atoms with van der Waals surface area (Å²) in [6, 6.07) is 2.44. The third kappa shape index (κ3) is 4.21. The molecule has 25 heavy (non-hydrogen) atoms. The second kappa shape index (κ2) is 6.90. The highest BCUT2D eigenvalue weighted by Gasteiger charge is 2.63. The van der Waals surface area contributed by atoms with Crippen molar-refractivity contribution in [3.63, 3.8) is 0 Å². The maximum Gasteiger partial charge on any atom is 0.471 e. The van der Waals surface area contributed by atoms with Crippen LogP contribution in [0.3, 0.4) is 0 Å². The van der Waals surface area contributed by atoms with E-state index in [4.69, 9.17) is 0 Å². The van der Waals surface area contributed by atoms with Crippen LogP contribution in [0.2, 0.25) is 0 Å². The molecule has 0 aliphatic carbocycles. The molecule has 1 aromatic rings. The van der Waals surface area contributed by atoms with E-state index in [1.165, 1.54) is 19.2 Å². The minimum absolute atomic E-state index is 0.0898. The van der Waals surface area contributed by atoms with Gasteiger partial charge >= 0.3 is 24.2 Å². The zero-order valence-corrected chi connectivity index (χ0v) is 12.9. The average molecular weight is 373 g/mol. The lowest BCUT2D eigenvalue weighted by Crippen LogP contribution is -2.50. The molecular formula is C14H13F6NO4. The van der Waals surface area contributed by atoms with Gasteiger partial charge < -0.3 is 15.2 Å². The number of benzene rings is 1. The standard InChI is InChI=1S/C14H13F6NO4/c1-3-25-11(23)12(24,14(18,19)20)8-6-7(2)4-5-9(8)21-10(22)13(15,16)17/h4-6,24H,3H2,1-2H3,(H,21,22). The number of anilines is 1. The van der Waals surface area contributed by atoms with E-state index in [-0.39, 0.29) is 5.56 Å². The second-order valence-electron chi connectivity index (χ2n) is 4.93. The molecule has 0 bridgehead atoms. The van der Waals surface area contributed by atoms with Gasteiger partial charge in [-0.15, -0.1) is 0 Å². The molecule has 0 saturated carbocycles. The third-order valence-electron chi connectivity index (χ3n) is 3.05. The number of esters is 1. The fourth-order valence-corrected chi connectivity index (χ4v) is 1.87. The summed E-state index contributed by atoms with van der Waals surface area (Å²) in [5, 5.41) is 11.2. The number of alkyl halides is 6. The van der Waals surface area contributed by atoms with E-state index in [1.54, 1.807) is 0 Å². The van der Waals surface area contributed by atoms with Crippen molar-refractivity contribution in [1.29, 1.82) is 0 Å². The van der Waals surface area contributed by atoms with Crippen LogP contribution in [0.1, 0.15) is 18.1 Å². The number of hydrogen-bond acceptors (Lipinski definition) is 4. The SMILES string of the molecule is CCOC(=O)C(O)(c1cc(C)ccc1NC(=O)C(F)(F)F)C(F)(F)F. The average Bonchev–Trinajstić information content (AvgIpc) is 2.46. The molecule has 0 saturated heterocycles. The molecule has 140 valence electrons. The number of aliphatic hydroxyl groups is 1. The Bertz CT molecular complexity index is 670. The lowest BCUT2D eigenvalue weighted by atomic mass is 9.90. The van der Waals surface area contributed by atoms with Crippen LogP contribution in [0.5, 0.6) is 0 Å². The Morgan fingerprint density at radius 3 is 2.16 bits per heavy atom. The van der Waals surface area contributed by atoms with Crippen molar-refractivity contribution >= 4 is 17.6 Å². The Kier molecular flexibility index (Phi) is 5.73. The van der Waals surface area contributed by atoms with Crippen molar-refractivity contribution in [3.8, 4) is 0 Å². The van der Waals surface area contributed by atoms with E-state index in [1.807, 2.05) is 0 Å². The highest BCUT2D eigenvalue weighted by Crippen LogP contribution is 2.43. The number of rotatable bonds is 4. The lowest BCUT2D eigenvalue weighted by Gasteiger charge is -2.30. The Morgan fingerprint density at radius 1 is 1.16 bits per heavy atom. The van der Waals surface area contributed by atoms with Gasteiger partial charge in [-0.2, -0.15) is 26.3 Å². The summed E-state index contributed by atoms with van der Waals surface area (Å²) in [5.74, 6) is -4.69. The number of aryl methyl sites for hydroxylation is 1. The van der Waals surface area contributed by atoms with Gasteiger partial charge in [0.15, 0.2) is 0 Å². The molecule has 0 aromatic heterocycles. The van der Waals surface area contributed by atoms with Crippen LogP contribution in [-0.2, 0) is 19.9 Å². The van der Waals surface area contributed by atoms with Gasteiger partial charge in [0.25, 0.3) is 5.60 Å². The summed E-state index contributed by atoms with van der Waals surface area (Å²) in [4.78, 5) is 22.8. The molecule has 0 fully saturated rings. The minimum atomic E-state index is -5.62. The number of carbonyl (C=O) groups excluding carboxylic acids is 2. The van der Waals surface area contributed by atoms with Crippen LogP contribution in [-0.4, -0.2) is 35.9 Å². The molecule has 2 N–H and O–H groups in total. The normalized spacial score (nSPS) is 14.6. The van der Waals surface area contributed by atoms with Gasteiger partial charge in [0.1, 0.15) is 0 Å². The highest BCUT2D eigenvalue weighted by molar-refractivity contribution is 5.97. The molecule has 1 rings (SSSR count). The molecule has 0 spiro atoms. The topological polar surface area (TPSA) is 75.6 Å². The highest BCUT2D eigenvalue weighted by atomic mass is 19.4. The Labute approximate surface area is 137 Å². The van der Waals surface area contributed by atoms with Crippen molar-refractivity contribution in [2.45, 2.75) is 31.8 Å². The van der Waals surface area contributed by atoms with E-state index in [0.29, 0.717) is 12.1 Å². The molecule has 1 unspecified atom stereocenters. The van der Waals surface area contributed by atoms with E-state index >= 15 is 0 Å². The Balaban J connectivity index is 3.57. The smallest absolute Gasteiger partial charge is 0.463 e. The molecular weight excluding hydrogens is 360 g/mol. The molecule has 0 aliphatic rings. The van der Waals surface area contributed by atoms with Gasteiger partial charge in [-0.3, -0.25) is 4.79 Å². The van der Waals surface area contributed by atoms with Gasteiger partial charge in [0, 0.05) is 11.3 Å².